The molecule has 0 aromatic heterocycles. The predicted molar refractivity (Wildman–Crippen MR) is 58.2 cm³/mol. The molecule has 0 amide bonds. The lowest BCUT2D eigenvalue weighted by atomic mass is 9.78. The highest BCUT2D eigenvalue weighted by Gasteiger charge is 2.22. The van der Waals surface area contributed by atoms with Gasteiger partial charge in [-0.15, -0.1) is 0 Å². The van der Waals surface area contributed by atoms with Gasteiger partial charge in [0.05, 0.1) is 12.7 Å². The van der Waals surface area contributed by atoms with E-state index >= 15 is 0 Å². The highest BCUT2D eigenvalue weighted by Crippen LogP contribution is 2.33. The van der Waals surface area contributed by atoms with E-state index in [1.165, 1.54) is 32.1 Å². The molecule has 3 atom stereocenters. The van der Waals surface area contributed by atoms with Gasteiger partial charge in [0.1, 0.15) is 0 Å². The van der Waals surface area contributed by atoms with Gasteiger partial charge in [-0.2, -0.15) is 0 Å². The molecule has 1 N–H and O–H groups in total. The second-order valence-electron chi connectivity index (χ2n) is 4.65. The lowest BCUT2D eigenvalue weighted by Gasteiger charge is -2.29. The van der Waals surface area contributed by atoms with Crippen LogP contribution in [0.15, 0.2) is 0 Å². The Morgan fingerprint density at radius 2 is 2.07 bits per heavy atom. The predicted octanol–water partition coefficient (Wildman–Crippen LogP) is 2.60. The minimum absolute atomic E-state index is 0.249. The molecule has 2 heteroatoms. The van der Waals surface area contributed by atoms with Crippen molar-refractivity contribution in [1.82, 2.24) is 0 Å². The second kappa shape index (κ2) is 6.41. The van der Waals surface area contributed by atoms with Crippen LogP contribution in [0.25, 0.3) is 0 Å². The molecule has 14 heavy (non-hydrogen) atoms. The number of aliphatic hydroxyl groups is 1. The van der Waals surface area contributed by atoms with Gasteiger partial charge in [0.2, 0.25) is 0 Å². The Hall–Kier alpha value is -0.0800. The van der Waals surface area contributed by atoms with E-state index in [0.717, 1.165) is 18.3 Å². The van der Waals surface area contributed by atoms with E-state index < -0.39 is 0 Å². The zero-order chi connectivity index (χ0) is 10.4. The Kier molecular flexibility index (Phi) is 5.49. The molecular weight excluding hydrogens is 176 g/mol. The lowest BCUT2D eigenvalue weighted by Crippen LogP contribution is -2.23. The van der Waals surface area contributed by atoms with Crippen LogP contribution in [0.2, 0.25) is 0 Å². The molecule has 0 spiro atoms. The smallest absolute Gasteiger partial charge is 0.0776 e. The Morgan fingerprint density at radius 1 is 1.36 bits per heavy atom. The maximum atomic E-state index is 9.64. The number of methoxy groups -OCH3 is 1. The van der Waals surface area contributed by atoms with Gasteiger partial charge in [0.15, 0.2) is 0 Å². The second-order valence-corrected chi connectivity index (χ2v) is 4.65. The molecule has 0 aliphatic heterocycles. The van der Waals surface area contributed by atoms with Crippen LogP contribution in [-0.4, -0.2) is 24.9 Å². The Morgan fingerprint density at radius 3 is 2.71 bits per heavy atom. The molecule has 1 aliphatic carbocycles. The van der Waals surface area contributed by atoms with Gasteiger partial charge in [-0.25, -0.2) is 0 Å². The standard InChI is InChI=1S/C12H24O2/c1-3-10-5-4-6-11(7-10)8-12(13)9-14-2/h10-13H,3-9H2,1-2H3. The molecule has 84 valence electrons. The van der Waals surface area contributed by atoms with E-state index in [1.54, 1.807) is 7.11 Å². The zero-order valence-electron chi connectivity index (χ0n) is 9.54. The fourth-order valence-corrected chi connectivity index (χ4v) is 2.63. The monoisotopic (exact) mass is 200 g/mol. The van der Waals surface area contributed by atoms with Gasteiger partial charge in [0.25, 0.3) is 0 Å². The summed E-state index contributed by atoms with van der Waals surface area (Å²) in [5.74, 6) is 1.64. The number of aliphatic hydroxyl groups excluding tert-OH is 1. The van der Waals surface area contributed by atoms with Crippen LogP contribution in [-0.2, 0) is 4.74 Å². The van der Waals surface area contributed by atoms with Crippen LogP contribution in [0.5, 0.6) is 0 Å². The van der Waals surface area contributed by atoms with Crippen molar-refractivity contribution in [3.8, 4) is 0 Å². The number of hydrogen-bond acceptors (Lipinski definition) is 2. The molecular formula is C12H24O2. The highest BCUT2D eigenvalue weighted by molar-refractivity contribution is 4.74. The van der Waals surface area contributed by atoms with Crippen LogP contribution in [0.3, 0.4) is 0 Å². The van der Waals surface area contributed by atoms with E-state index in [4.69, 9.17) is 4.74 Å². The molecule has 1 aliphatic rings. The minimum atomic E-state index is -0.249. The average Bonchev–Trinajstić information content (AvgIpc) is 2.18. The first-order valence-electron chi connectivity index (χ1n) is 5.93. The van der Waals surface area contributed by atoms with E-state index in [9.17, 15) is 5.11 Å². The van der Waals surface area contributed by atoms with Crippen molar-refractivity contribution in [2.75, 3.05) is 13.7 Å². The van der Waals surface area contributed by atoms with Gasteiger partial charge >= 0.3 is 0 Å². The van der Waals surface area contributed by atoms with E-state index in [1.807, 2.05) is 0 Å². The molecule has 0 bridgehead atoms. The number of hydrogen-bond donors (Lipinski definition) is 1. The average molecular weight is 200 g/mol. The zero-order valence-corrected chi connectivity index (χ0v) is 9.54. The normalized spacial score (nSPS) is 30.2. The van der Waals surface area contributed by atoms with Crippen LogP contribution >= 0.6 is 0 Å². The van der Waals surface area contributed by atoms with Crippen molar-refractivity contribution >= 4 is 0 Å². The third-order valence-corrected chi connectivity index (χ3v) is 3.43. The maximum Gasteiger partial charge on any atom is 0.0776 e. The summed E-state index contributed by atoms with van der Waals surface area (Å²) < 4.78 is 4.95. The largest absolute Gasteiger partial charge is 0.391 e. The van der Waals surface area contributed by atoms with Crippen molar-refractivity contribution in [3.63, 3.8) is 0 Å². The van der Waals surface area contributed by atoms with Crippen LogP contribution in [0, 0.1) is 11.8 Å². The van der Waals surface area contributed by atoms with Crippen molar-refractivity contribution < 1.29 is 9.84 Å². The van der Waals surface area contributed by atoms with E-state index in [0.29, 0.717) is 6.61 Å². The highest BCUT2D eigenvalue weighted by atomic mass is 16.5. The Labute approximate surface area is 87.7 Å². The van der Waals surface area contributed by atoms with Crippen LogP contribution in [0.4, 0.5) is 0 Å². The van der Waals surface area contributed by atoms with Crippen molar-refractivity contribution in [2.45, 2.75) is 51.6 Å². The fraction of sp³-hybridized carbons (Fsp3) is 1.00. The lowest BCUT2D eigenvalue weighted by molar-refractivity contribution is 0.0404. The quantitative estimate of drug-likeness (QED) is 0.739. The van der Waals surface area contributed by atoms with Gasteiger partial charge in [-0.05, 0) is 24.7 Å². The molecule has 1 rings (SSSR count). The molecule has 0 aromatic carbocycles. The molecule has 1 saturated carbocycles. The van der Waals surface area contributed by atoms with Gasteiger partial charge in [-0.3, -0.25) is 0 Å². The molecule has 0 aromatic rings. The van der Waals surface area contributed by atoms with Crippen molar-refractivity contribution in [3.05, 3.63) is 0 Å². The summed E-state index contributed by atoms with van der Waals surface area (Å²) in [5.41, 5.74) is 0. The molecule has 2 nitrogen and oxygen atoms in total. The van der Waals surface area contributed by atoms with Crippen LogP contribution < -0.4 is 0 Å². The van der Waals surface area contributed by atoms with Crippen molar-refractivity contribution in [2.24, 2.45) is 11.8 Å². The number of ether oxygens (including phenoxy) is 1. The summed E-state index contributed by atoms with van der Waals surface area (Å²) in [6.45, 7) is 2.77. The summed E-state index contributed by atoms with van der Waals surface area (Å²) in [7, 11) is 1.65. The summed E-state index contributed by atoms with van der Waals surface area (Å²) in [6, 6.07) is 0. The van der Waals surface area contributed by atoms with Gasteiger partial charge in [0, 0.05) is 7.11 Å². The third-order valence-electron chi connectivity index (χ3n) is 3.43. The maximum absolute atomic E-state index is 9.64. The molecule has 1 fully saturated rings. The van der Waals surface area contributed by atoms with Gasteiger partial charge in [-0.1, -0.05) is 32.6 Å². The SMILES string of the molecule is CCC1CCCC(CC(O)COC)C1. The first kappa shape index (κ1) is 12.0. The summed E-state index contributed by atoms with van der Waals surface area (Å²) in [4.78, 5) is 0. The molecule has 0 saturated heterocycles. The van der Waals surface area contributed by atoms with E-state index in [2.05, 4.69) is 6.92 Å². The van der Waals surface area contributed by atoms with Gasteiger partial charge < -0.3 is 9.84 Å². The van der Waals surface area contributed by atoms with Crippen molar-refractivity contribution in [1.29, 1.82) is 0 Å². The summed E-state index contributed by atoms with van der Waals surface area (Å²) in [5, 5.41) is 9.64. The van der Waals surface area contributed by atoms with E-state index in [-0.39, 0.29) is 6.10 Å². The fourth-order valence-electron chi connectivity index (χ4n) is 2.63. The Balaban J connectivity index is 2.22. The minimum Gasteiger partial charge on any atom is -0.391 e. The first-order valence-corrected chi connectivity index (χ1v) is 5.93. The summed E-state index contributed by atoms with van der Waals surface area (Å²) >= 11 is 0. The Bertz CT molecular complexity index is 147. The molecule has 0 radical (unpaired) electrons. The first-order chi connectivity index (χ1) is 6.76. The summed E-state index contributed by atoms with van der Waals surface area (Å²) in [6.07, 6.45) is 7.35. The number of rotatable bonds is 5. The topological polar surface area (TPSA) is 29.5 Å². The third kappa shape index (κ3) is 3.97. The molecule has 0 heterocycles. The van der Waals surface area contributed by atoms with Crippen LogP contribution in [0.1, 0.15) is 45.4 Å². The molecule has 3 unspecified atom stereocenters.